The fourth-order valence-electron chi connectivity index (χ4n) is 12.7. The van der Waals surface area contributed by atoms with Gasteiger partial charge in [0.15, 0.2) is 11.9 Å². The molecule has 4 saturated carbocycles. The predicted molar refractivity (Wildman–Crippen MR) is 171 cm³/mol. The van der Waals surface area contributed by atoms with E-state index in [-0.39, 0.29) is 58.0 Å². The fourth-order valence-corrected chi connectivity index (χ4v) is 12.7. The van der Waals surface area contributed by atoms with E-state index in [2.05, 4.69) is 31.4 Å². The first-order chi connectivity index (χ1) is 21.5. The molecule has 7 fully saturated rings. The summed E-state index contributed by atoms with van der Waals surface area (Å²) in [6, 6.07) is 0.596. The molecule has 8 nitrogen and oxygen atoms in total. The van der Waals surface area contributed by atoms with E-state index in [0.717, 1.165) is 62.6 Å². The van der Waals surface area contributed by atoms with E-state index < -0.39 is 5.79 Å². The average molecular weight is 708 g/mol. The van der Waals surface area contributed by atoms with Crippen LogP contribution in [0.3, 0.4) is 0 Å². The minimum Gasteiger partial charge on any atom is -1.00 e. The Balaban J connectivity index is 0.00000372. The van der Waals surface area contributed by atoms with Crippen molar-refractivity contribution in [3.63, 3.8) is 0 Å². The molecule has 0 aromatic rings. The Bertz CT molecular complexity index is 1140. The normalized spacial score (nSPS) is 44.3. The number of carbonyl (C=O) groups excluding carboxylic acids is 2. The van der Waals surface area contributed by atoms with Gasteiger partial charge in [0, 0.05) is 70.5 Å². The first-order valence-corrected chi connectivity index (χ1v) is 18.4. The molecule has 10 atom stereocenters. The highest BCUT2D eigenvalue weighted by Crippen LogP contribution is 2.68. The molecule has 260 valence electrons. The molecule has 1 spiro atoms. The van der Waals surface area contributed by atoms with Crippen LogP contribution >= 0.6 is 0 Å². The van der Waals surface area contributed by atoms with Crippen molar-refractivity contribution in [1.82, 2.24) is 4.90 Å². The number of nitrogens with zero attached hydrogens (tertiary/aromatic N) is 2. The molecule has 0 bridgehead atoms. The largest absolute Gasteiger partial charge is 1.00 e. The number of hydrogen-bond acceptors (Lipinski definition) is 7. The van der Waals surface area contributed by atoms with Crippen LogP contribution in [0.4, 0.5) is 0 Å². The third-order valence-corrected chi connectivity index (χ3v) is 14.7. The molecule has 3 heterocycles. The van der Waals surface area contributed by atoms with E-state index >= 15 is 0 Å². The quantitative estimate of drug-likeness (QED) is 0.239. The number of ether oxygens (including phenoxy) is 4. The molecule has 46 heavy (non-hydrogen) atoms. The molecule has 7 rings (SSSR count). The highest BCUT2D eigenvalue weighted by molar-refractivity contribution is 5.66. The van der Waals surface area contributed by atoms with Gasteiger partial charge >= 0.3 is 11.9 Å². The Morgan fingerprint density at radius 1 is 0.913 bits per heavy atom. The highest BCUT2D eigenvalue weighted by atomic mass is 79.9. The second kappa shape index (κ2) is 13.0. The van der Waals surface area contributed by atoms with Crippen LogP contribution in [-0.2, 0) is 28.5 Å². The van der Waals surface area contributed by atoms with Gasteiger partial charge in [0.05, 0.1) is 32.8 Å². The van der Waals surface area contributed by atoms with Gasteiger partial charge in [0.2, 0.25) is 0 Å². The highest BCUT2D eigenvalue weighted by Gasteiger charge is 2.68. The molecule has 0 radical (unpaired) electrons. The molecule has 9 heteroatoms. The van der Waals surface area contributed by atoms with Gasteiger partial charge in [-0.05, 0) is 73.7 Å². The van der Waals surface area contributed by atoms with Crippen molar-refractivity contribution in [3.8, 4) is 0 Å². The van der Waals surface area contributed by atoms with E-state index in [4.69, 9.17) is 18.9 Å². The fraction of sp³-hybridized carbons (Fsp3) is 0.892. The van der Waals surface area contributed by atoms with Gasteiger partial charge in [0.1, 0.15) is 12.1 Å². The third kappa shape index (κ3) is 5.74. The molecule has 0 unspecified atom stereocenters. The van der Waals surface area contributed by atoms with Crippen LogP contribution in [0.2, 0.25) is 0 Å². The number of rotatable bonds is 6. The van der Waals surface area contributed by atoms with Crippen LogP contribution < -0.4 is 17.0 Å². The van der Waals surface area contributed by atoms with E-state index in [1.807, 2.05) is 0 Å². The molecule has 7 aliphatic rings. The summed E-state index contributed by atoms with van der Waals surface area (Å²) >= 11 is 0. The summed E-state index contributed by atoms with van der Waals surface area (Å²) in [7, 11) is 0. The number of esters is 2. The Hall–Kier alpha value is -1.00. The summed E-state index contributed by atoms with van der Waals surface area (Å²) in [6.45, 7) is 19.0. The van der Waals surface area contributed by atoms with Crippen LogP contribution in [0.1, 0.15) is 98.3 Å². The molecule has 0 N–H and O–H groups in total. The lowest BCUT2D eigenvalue weighted by molar-refractivity contribution is -0.937. The van der Waals surface area contributed by atoms with Crippen LogP contribution in [0.25, 0.3) is 0 Å². The van der Waals surface area contributed by atoms with Crippen molar-refractivity contribution in [1.29, 1.82) is 0 Å². The maximum Gasteiger partial charge on any atom is 0.303 e. The molecule has 0 aromatic carbocycles. The monoisotopic (exact) mass is 706 g/mol. The van der Waals surface area contributed by atoms with E-state index in [0.29, 0.717) is 42.9 Å². The van der Waals surface area contributed by atoms with Crippen LogP contribution in [0.5, 0.6) is 0 Å². The van der Waals surface area contributed by atoms with Gasteiger partial charge in [-0.1, -0.05) is 20.4 Å². The van der Waals surface area contributed by atoms with E-state index in [1.54, 1.807) is 13.8 Å². The Labute approximate surface area is 287 Å². The standard InChI is InChI=1S/C37H59N2O6.BrH/c1-6-17-39(18-7-8-19-39)32-23-30-28-10-9-27-22-33(44-25(2)40)31(38-15-13-37(14-16-38)42-20-21-43-37)24-36(27,5)29(28)11-12-35(30,4)34(32)45-26(3)41;/h6,27-34H,1,7-24H2,2-5H3;1H/q+1;/p-1/t27-,28-,29-,30-,31+,32+,33-,34+,35+,36+;/m1./s1. The number of quaternary nitrogens is 1. The van der Waals surface area contributed by atoms with Crippen molar-refractivity contribution >= 4 is 11.9 Å². The predicted octanol–water partition coefficient (Wildman–Crippen LogP) is 2.49. The van der Waals surface area contributed by atoms with Gasteiger partial charge < -0.3 is 40.4 Å². The molecular weight excluding hydrogens is 648 g/mol. The maximum atomic E-state index is 12.6. The van der Waals surface area contributed by atoms with Crippen LogP contribution in [-0.4, -0.2) is 97.3 Å². The SMILES string of the molecule is C=CC[N+]1([C@H]2C[C@@H]3[C@@H]4CC[C@@H]5C[C@@H](OC(C)=O)[C@@H](N6CCC7(CC6)OCCO7)C[C@]5(C)[C@@H]4CC[C@]3(C)[C@H]2OC(C)=O)CCCC1.[Br-]. The second-order valence-electron chi connectivity index (χ2n) is 16.7. The number of halogens is 1. The van der Waals surface area contributed by atoms with Gasteiger partial charge in [-0.2, -0.15) is 0 Å². The van der Waals surface area contributed by atoms with Crippen LogP contribution in [0.15, 0.2) is 12.7 Å². The Morgan fingerprint density at radius 3 is 2.22 bits per heavy atom. The number of piperidine rings is 1. The lowest BCUT2D eigenvalue weighted by atomic mass is 9.44. The summed E-state index contributed by atoms with van der Waals surface area (Å²) in [6.07, 6.45) is 14.3. The summed E-state index contributed by atoms with van der Waals surface area (Å²) in [5.74, 6) is 1.76. The summed E-state index contributed by atoms with van der Waals surface area (Å²) in [4.78, 5) is 27.6. The zero-order chi connectivity index (χ0) is 31.6. The van der Waals surface area contributed by atoms with Crippen molar-refractivity contribution < 1.29 is 50.0 Å². The number of fused-ring (bicyclic) bond motifs is 5. The average Bonchev–Trinajstić information content (AvgIpc) is 3.72. The molecule has 0 aromatic heterocycles. The third-order valence-electron chi connectivity index (χ3n) is 14.7. The van der Waals surface area contributed by atoms with E-state index in [9.17, 15) is 9.59 Å². The smallest absolute Gasteiger partial charge is 0.303 e. The lowest BCUT2D eigenvalue weighted by Gasteiger charge is -2.62. The maximum absolute atomic E-state index is 12.6. The minimum atomic E-state index is -0.406. The van der Waals surface area contributed by atoms with Crippen molar-refractivity contribution in [2.24, 2.45) is 34.5 Å². The van der Waals surface area contributed by atoms with Gasteiger partial charge in [-0.3, -0.25) is 14.5 Å². The molecular formula is C37H59BrN2O6. The topological polar surface area (TPSA) is 74.3 Å². The zero-order valence-electron chi connectivity index (χ0n) is 28.9. The van der Waals surface area contributed by atoms with Crippen LogP contribution in [0, 0.1) is 34.5 Å². The molecule has 3 saturated heterocycles. The number of hydrogen-bond donors (Lipinski definition) is 0. The summed E-state index contributed by atoms with van der Waals surface area (Å²) in [5.41, 5.74) is 0.226. The number of carbonyl (C=O) groups is 2. The van der Waals surface area contributed by atoms with Crippen molar-refractivity contribution in [3.05, 3.63) is 12.7 Å². The molecule has 3 aliphatic heterocycles. The van der Waals surface area contributed by atoms with Crippen molar-refractivity contribution in [2.45, 2.75) is 128 Å². The summed E-state index contributed by atoms with van der Waals surface area (Å²) < 4.78 is 25.7. The first-order valence-electron chi connectivity index (χ1n) is 18.4. The second-order valence-corrected chi connectivity index (χ2v) is 16.7. The molecule has 4 aliphatic carbocycles. The first kappa shape index (κ1) is 34.8. The summed E-state index contributed by atoms with van der Waals surface area (Å²) in [5, 5.41) is 0. The van der Waals surface area contributed by atoms with Gasteiger partial charge in [-0.15, -0.1) is 0 Å². The van der Waals surface area contributed by atoms with Crippen molar-refractivity contribution in [2.75, 3.05) is 45.9 Å². The Morgan fingerprint density at radius 2 is 1.59 bits per heavy atom. The van der Waals surface area contributed by atoms with Gasteiger partial charge in [0.25, 0.3) is 0 Å². The minimum absolute atomic E-state index is 0. The Kier molecular flexibility index (Phi) is 9.88. The van der Waals surface area contributed by atoms with E-state index in [1.165, 1.54) is 45.2 Å². The van der Waals surface area contributed by atoms with Gasteiger partial charge in [-0.25, -0.2) is 0 Å². The molecule has 0 amide bonds. The lowest BCUT2D eigenvalue weighted by Crippen LogP contribution is -3.00. The number of likely N-dealkylation sites (tertiary alicyclic amines) is 2. The zero-order valence-corrected chi connectivity index (χ0v) is 30.4.